The molecule has 0 saturated heterocycles. The number of nitrogens with two attached hydrogens (primary N) is 1. The highest BCUT2D eigenvalue weighted by Crippen LogP contribution is 2.36. The smallest absolute Gasteiger partial charge is 0.220 e. The molecule has 1 aliphatic carbocycles. The summed E-state index contributed by atoms with van der Waals surface area (Å²) in [4.78, 5) is 11.5. The zero-order chi connectivity index (χ0) is 11.5. The van der Waals surface area contributed by atoms with Crippen molar-refractivity contribution in [3.63, 3.8) is 0 Å². The number of amides is 1. The maximum absolute atomic E-state index is 11.5. The molecule has 1 amide bonds. The maximum atomic E-state index is 11.5. The Balaban J connectivity index is 2.22. The first-order valence-electron chi connectivity index (χ1n) is 5.94. The van der Waals surface area contributed by atoms with Crippen LogP contribution < -0.4 is 11.1 Å². The lowest BCUT2D eigenvalue weighted by Crippen LogP contribution is -2.34. The van der Waals surface area contributed by atoms with Gasteiger partial charge in [0.2, 0.25) is 5.91 Å². The number of rotatable bonds is 4. The van der Waals surface area contributed by atoms with E-state index in [0.29, 0.717) is 17.9 Å². The Kier molecular flexibility index (Phi) is 4.14. The molecule has 1 rings (SSSR count). The van der Waals surface area contributed by atoms with Crippen LogP contribution in [0.1, 0.15) is 52.9 Å². The number of carbonyl (C=O) groups is 1. The summed E-state index contributed by atoms with van der Waals surface area (Å²) in [6.07, 6.45) is 4.79. The molecule has 3 nitrogen and oxygen atoms in total. The first-order valence-corrected chi connectivity index (χ1v) is 5.94. The van der Waals surface area contributed by atoms with Gasteiger partial charge >= 0.3 is 0 Å². The van der Waals surface area contributed by atoms with Gasteiger partial charge in [-0.05, 0) is 38.0 Å². The first-order chi connectivity index (χ1) is 6.89. The van der Waals surface area contributed by atoms with Crippen LogP contribution in [0.3, 0.4) is 0 Å². The fraction of sp³-hybridized carbons (Fsp3) is 0.917. The van der Waals surface area contributed by atoms with Gasteiger partial charge in [-0.25, -0.2) is 0 Å². The Morgan fingerprint density at radius 3 is 2.73 bits per heavy atom. The zero-order valence-corrected chi connectivity index (χ0v) is 10.2. The van der Waals surface area contributed by atoms with E-state index in [-0.39, 0.29) is 11.9 Å². The molecule has 1 fully saturated rings. The van der Waals surface area contributed by atoms with Crippen molar-refractivity contribution >= 4 is 5.91 Å². The van der Waals surface area contributed by atoms with Crippen LogP contribution in [-0.2, 0) is 4.79 Å². The second kappa shape index (κ2) is 4.97. The first kappa shape index (κ1) is 12.5. The molecule has 0 heterocycles. The average Bonchev–Trinajstić information content (AvgIpc) is 2.42. The Labute approximate surface area is 92.8 Å². The topological polar surface area (TPSA) is 55.1 Å². The molecule has 2 atom stereocenters. The van der Waals surface area contributed by atoms with Crippen molar-refractivity contribution in [2.45, 2.75) is 65.0 Å². The number of hydrogen-bond donors (Lipinski definition) is 2. The van der Waals surface area contributed by atoms with Crippen LogP contribution >= 0.6 is 0 Å². The van der Waals surface area contributed by atoms with Crippen LogP contribution in [0, 0.1) is 5.41 Å². The second-order valence-corrected chi connectivity index (χ2v) is 5.69. The Hall–Kier alpha value is -0.570. The summed E-state index contributed by atoms with van der Waals surface area (Å²) in [7, 11) is 0. The van der Waals surface area contributed by atoms with E-state index in [1.54, 1.807) is 0 Å². The van der Waals surface area contributed by atoms with Gasteiger partial charge in [0.25, 0.3) is 0 Å². The number of nitrogens with one attached hydrogen (secondary N) is 1. The van der Waals surface area contributed by atoms with Crippen molar-refractivity contribution in [2.75, 3.05) is 0 Å². The van der Waals surface area contributed by atoms with E-state index < -0.39 is 0 Å². The predicted octanol–water partition coefficient (Wildman–Crippen LogP) is 1.81. The van der Waals surface area contributed by atoms with Crippen LogP contribution in [0.2, 0.25) is 0 Å². The lowest BCUT2D eigenvalue weighted by molar-refractivity contribution is -0.121. The molecule has 0 spiro atoms. The summed E-state index contributed by atoms with van der Waals surface area (Å²) in [5.41, 5.74) is 6.01. The summed E-state index contributed by atoms with van der Waals surface area (Å²) in [6, 6.07) is 0.511. The fourth-order valence-electron chi connectivity index (χ4n) is 2.22. The van der Waals surface area contributed by atoms with Crippen molar-refractivity contribution in [1.29, 1.82) is 0 Å². The molecule has 0 bridgehead atoms. The Morgan fingerprint density at radius 1 is 1.60 bits per heavy atom. The van der Waals surface area contributed by atoms with E-state index >= 15 is 0 Å². The number of carbonyl (C=O) groups excluding carboxylic acids is 1. The highest BCUT2D eigenvalue weighted by molar-refractivity contribution is 5.76. The average molecular weight is 212 g/mol. The van der Waals surface area contributed by atoms with Crippen molar-refractivity contribution in [2.24, 2.45) is 11.1 Å². The maximum Gasteiger partial charge on any atom is 0.220 e. The van der Waals surface area contributed by atoms with Crippen LogP contribution in [0.4, 0.5) is 0 Å². The van der Waals surface area contributed by atoms with Crippen LogP contribution in [0.5, 0.6) is 0 Å². The summed E-state index contributed by atoms with van der Waals surface area (Å²) in [6.45, 7) is 6.47. The van der Waals surface area contributed by atoms with Gasteiger partial charge in [0.15, 0.2) is 0 Å². The molecular formula is C12H24N2O. The van der Waals surface area contributed by atoms with Crippen molar-refractivity contribution < 1.29 is 4.79 Å². The van der Waals surface area contributed by atoms with E-state index in [4.69, 9.17) is 5.73 Å². The molecule has 1 saturated carbocycles. The molecule has 2 unspecified atom stereocenters. The molecule has 1 aliphatic rings. The Morgan fingerprint density at radius 2 is 2.27 bits per heavy atom. The minimum atomic E-state index is 0.121. The van der Waals surface area contributed by atoms with Gasteiger partial charge in [-0.3, -0.25) is 4.79 Å². The third kappa shape index (κ3) is 4.65. The van der Waals surface area contributed by atoms with E-state index in [2.05, 4.69) is 19.2 Å². The van der Waals surface area contributed by atoms with Gasteiger partial charge in [-0.2, -0.15) is 0 Å². The van der Waals surface area contributed by atoms with Gasteiger partial charge in [-0.15, -0.1) is 0 Å². The van der Waals surface area contributed by atoms with Gasteiger partial charge in [0.1, 0.15) is 0 Å². The van der Waals surface area contributed by atoms with Crippen molar-refractivity contribution in [3.05, 3.63) is 0 Å². The minimum Gasteiger partial charge on any atom is -0.353 e. The lowest BCUT2D eigenvalue weighted by Gasteiger charge is -2.18. The van der Waals surface area contributed by atoms with Gasteiger partial charge < -0.3 is 11.1 Å². The molecule has 88 valence electrons. The quantitative estimate of drug-likeness (QED) is 0.746. The van der Waals surface area contributed by atoms with Gasteiger partial charge in [0.05, 0.1) is 0 Å². The molecular weight excluding hydrogens is 188 g/mol. The van der Waals surface area contributed by atoms with E-state index in [9.17, 15) is 4.79 Å². The molecule has 0 aliphatic heterocycles. The van der Waals surface area contributed by atoms with Gasteiger partial charge in [-0.1, -0.05) is 13.8 Å². The van der Waals surface area contributed by atoms with E-state index in [0.717, 1.165) is 19.3 Å². The van der Waals surface area contributed by atoms with E-state index in [1.807, 2.05) is 6.92 Å². The Bertz CT molecular complexity index is 224. The fourth-order valence-corrected chi connectivity index (χ4v) is 2.22. The van der Waals surface area contributed by atoms with E-state index in [1.165, 1.54) is 6.42 Å². The third-order valence-electron chi connectivity index (χ3n) is 3.16. The van der Waals surface area contributed by atoms with Gasteiger partial charge in [0, 0.05) is 18.5 Å². The molecule has 3 heteroatoms. The van der Waals surface area contributed by atoms with Crippen molar-refractivity contribution in [1.82, 2.24) is 5.32 Å². The minimum absolute atomic E-state index is 0.121. The summed E-state index contributed by atoms with van der Waals surface area (Å²) < 4.78 is 0. The summed E-state index contributed by atoms with van der Waals surface area (Å²) in [5, 5.41) is 3.10. The molecule has 0 aromatic carbocycles. The monoisotopic (exact) mass is 212 g/mol. The molecule has 0 aromatic rings. The third-order valence-corrected chi connectivity index (χ3v) is 3.16. The van der Waals surface area contributed by atoms with Crippen LogP contribution in [-0.4, -0.2) is 18.0 Å². The largest absolute Gasteiger partial charge is 0.353 e. The summed E-state index contributed by atoms with van der Waals surface area (Å²) in [5.74, 6) is 0.162. The lowest BCUT2D eigenvalue weighted by atomic mass is 9.92. The molecule has 0 aromatic heterocycles. The normalized spacial score (nSPS) is 26.3. The highest BCUT2D eigenvalue weighted by Gasteiger charge is 2.31. The van der Waals surface area contributed by atoms with Crippen LogP contribution in [0.15, 0.2) is 0 Å². The number of hydrogen-bond acceptors (Lipinski definition) is 2. The molecule has 0 radical (unpaired) electrons. The summed E-state index contributed by atoms with van der Waals surface area (Å²) >= 11 is 0. The van der Waals surface area contributed by atoms with Crippen molar-refractivity contribution in [3.8, 4) is 0 Å². The highest BCUT2D eigenvalue weighted by atomic mass is 16.1. The standard InChI is InChI=1S/C12H24N2O/c1-9(13)4-5-11(15)14-10-6-7-12(2,3)8-10/h9-10H,4-8,13H2,1-3H3,(H,14,15). The predicted molar refractivity (Wildman–Crippen MR) is 62.4 cm³/mol. The van der Waals surface area contributed by atoms with Crippen LogP contribution in [0.25, 0.3) is 0 Å². The zero-order valence-electron chi connectivity index (χ0n) is 10.2. The second-order valence-electron chi connectivity index (χ2n) is 5.69. The SMILES string of the molecule is CC(N)CCC(=O)NC1CCC(C)(C)C1. The molecule has 15 heavy (non-hydrogen) atoms. The molecule has 3 N–H and O–H groups in total.